The standard InChI is InChI=1S/C13H17N3O/c17-13(14-7-10-4-2-1-3-5-10)16-8-11-6-12(9-16)15-11/h1-5,11-12,15H,6-9H2,(H,14,17). The molecule has 0 radical (unpaired) electrons. The van der Waals surface area contributed by atoms with Gasteiger partial charge in [-0.05, 0) is 12.0 Å². The summed E-state index contributed by atoms with van der Waals surface area (Å²) in [5, 5.41) is 6.39. The summed E-state index contributed by atoms with van der Waals surface area (Å²) in [5.41, 5.74) is 1.14. The molecule has 0 aromatic heterocycles. The van der Waals surface area contributed by atoms with Gasteiger partial charge in [-0.3, -0.25) is 0 Å². The van der Waals surface area contributed by atoms with Gasteiger partial charge in [-0.2, -0.15) is 0 Å². The van der Waals surface area contributed by atoms with E-state index in [0.717, 1.165) is 18.7 Å². The Balaban J connectivity index is 1.50. The SMILES string of the molecule is O=C(NCc1ccccc1)N1CC2CC(C1)N2. The summed E-state index contributed by atoms with van der Waals surface area (Å²) in [7, 11) is 0. The molecule has 0 aliphatic carbocycles. The van der Waals surface area contributed by atoms with Gasteiger partial charge in [0, 0.05) is 31.7 Å². The third-order valence-electron chi connectivity index (χ3n) is 3.50. The third-order valence-corrected chi connectivity index (χ3v) is 3.50. The molecule has 3 aliphatic heterocycles. The Labute approximate surface area is 101 Å². The summed E-state index contributed by atoms with van der Waals surface area (Å²) in [5.74, 6) is 0. The molecule has 3 fully saturated rings. The van der Waals surface area contributed by atoms with Crippen LogP contribution in [0, 0.1) is 0 Å². The van der Waals surface area contributed by atoms with E-state index in [1.807, 2.05) is 35.2 Å². The van der Waals surface area contributed by atoms with Crippen LogP contribution in [-0.4, -0.2) is 36.1 Å². The van der Waals surface area contributed by atoms with Crippen molar-refractivity contribution in [3.63, 3.8) is 0 Å². The Morgan fingerprint density at radius 1 is 1.29 bits per heavy atom. The van der Waals surface area contributed by atoms with Crippen molar-refractivity contribution < 1.29 is 4.79 Å². The summed E-state index contributed by atoms with van der Waals surface area (Å²) >= 11 is 0. The summed E-state index contributed by atoms with van der Waals surface area (Å²) in [6, 6.07) is 11.1. The fraction of sp³-hybridized carbons (Fsp3) is 0.462. The van der Waals surface area contributed by atoms with Crippen LogP contribution in [0.4, 0.5) is 4.79 Å². The molecule has 4 nitrogen and oxygen atoms in total. The van der Waals surface area contributed by atoms with Gasteiger partial charge in [-0.1, -0.05) is 30.3 Å². The van der Waals surface area contributed by atoms with E-state index >= 15 is 0 Å². The van der Waals surface area contributed by atoms with Crippen molar-refractivity contribution >= 4 is 6.03 Å². The van der Waals surface area contributed by atoms with Crippen LogP contribution in [0.2, 0.25) is 0 Å². The number of rotatable bonds is 2. The minimum absolute atomic E-state index is 0.0602. The zero-order valence-corrected chi connectivity index (χ0v) is 9.73. The predicted octanol–water partition coefficient (Wildman–Crippen LogP) is 0.942. The van der Waals surface area contributed by atoms with E-state index in [1.54, 1.807) is 0 Å². The molecule has 3 heterocycles. The highest BCUT2D eigenvalue weighted by molar-refractivity contribution is 5.74. The Hall–Kier alpha value is -1.55. The Bertz CT molecular complexity index is 390. The molecule has 2 bridgehead atoms. The van der Waals surface area contributed by atoms with Gasteiger partial charge in [0.15, 0.2) is 0 Å². The number of hydrogen-bond acceptors (Lipinski definition) is 2. The number of piperidine rings is 1. The lowest BCUT2D eigenvalue weighted by molar-refractivity contribution is 0.0958. The first-order chi connectivity index (χ1) is 8.31. The van der Waals surface area contributed by atoms with E-state index in [9.17, 15) is 4.79 Å². The third kappa shape index (κ3) is 2.26. The number of benzene rings is 1. The van der Waals surface area contributed by atoms with Crippen LogP contribution in [0.25, 0.3) is 0 Å². The van der Waals surface area contributed by atoms with Gasteiger partial charge in [0.05, 0.1) is 0 Å². The second-order valence-corrected chi connectivity index (χ2v) is 4.85. The summed E-state index contributed by atoms with van der Waals surface area (Å²) in [4.78, 5) is 13.8. The number of carbonyl (C=O) groups excluding carboxylic acids is 1. The summed E-state index contributed by atoms with van der Waals surface area (Å²) in [6.07, 6.45) is 1.22. The van der Waals surface area contributed by atoms with E-state index in [4.69, 9.17) is 0 Å². The molecule has 2 amide bonds. The first-order valence-corrected chi connectivity index (χ1v) is 6.14. The second kappa shape index (κ2) is 4.37. The molecule has 4 heteroatoms. The maximum Gasteiger partial charge on any atom is 0.317 e. The normalized spacial score (nSPS) is 26.2. The van der Waals surface area contributed by atoms with Gasteiger partial charge in [-0.15, -0.1) is 0 Å². The number of piperazine rings is 1. The maximum atomic E-state index is 11.9. The largest absolute Gasteiger partial charge is 0.334 e. The van der Waals surface area contributed by atoms with E-state index < -0.39 is 0 Å². The predicted molar refractivity (Wildman–Crippen MR) is 65.6 cm³/mol. The number of amides is 2. The van der Waals surface area contributed by atoms with Crippen LogP contribution in [0.15, 0.2) is 30.3 Å². The van der Waals surface area contributed by atoms with Crippen molar-refractivity contribution in [1.82, 2.24) is 15.5 Å². The van der Waals surface area contributed by atoms with Gasteiger partial charge in [0.2, 0.25) is 0 Å². The molecule has 17 heavy (non-hydrogen) atoms. The van der Waals surface area contributed by atoms with Gasteiger partial charge < -0.3 is 15.5 Å². The minimum atomic E-state index is 0.0602. The van der Waals surface area contributed by atoms with Crippen LogP contribution in [-0.2, 0) is 6.54 Å². The smallest absolute Gasteiger partial charge is 0.317 e. The number of hydrogen-bond donors (Lipinski definition) is 2. The van der Waals surface area contributed by atoms with Crippen molar-refractivity contribution in [3.05, 3.63) is 35.9 Å². The first kappa shape index (κ1) is 10.6. The van der Waals surface area contributed by atoms with Crippen LogP contribution in [0.1, 0.15) is 12.0 Å². The molecule has 2 N–H and O–H groups in total. The van der Waals surface area contributed by atoms with Gasteiger partial charge in [-0.25, -0.2) is 4.79 Å². The molecular weight excluding hydrogens is 214 g/mol. The Morgan fingerprint density at radius 3 is 2.59 bits per heavy atom. The van der Waals surface area contributed by atoms with Crippen molar-refractivity contribution in [2.75, 3.05) is 13.1 Å². The zero-order chi connectivity index (χ0) is 11.7. The zero-order valence-electron chi connectivity index (χ0n) is 9.73. The number of carbonyl (C=O) groups is 1. The molecule has 3 aliphatic rings. The van der Waals surface area contributed by atoms with Crippen molar-refractivity contribution in [2.45, 2.75) is 25.0 Å². The second-order valence-electron chi connectivity index (χ2n) is 4.85. The molecule has 3 saturated heterocycles. The maximum absolute atomic E-state index is 11.9. The topological polar surface area (TPSA) is 44.4 Å². The Kier molecular flexibility index (Phi) is 2.73. The number of nitrogens with one attached hydrogen (secondary N) is 2. The van der Waals surface area contributed by atoms with Crippen LogP contribution in [0.3, 0.4) is 0 Å². The van der Waals surface area contributed by atoms with E-state index in [0.29, 0.717) is 18.6 Å². The summed E-state index contributed by atoms with van der Waals surface area (Å²) in [6.45, 7) is 2.30. The average molecular weight is 231 g/mol. The lowest BCUT2D eigenvalue weighted by Gasteiger charge is -2.48. The number of fused-ring (bicyclic) bond motifs is 2. The molecule has 2 unspecified atom stereocenters. The molecule has 0 spiro atoms. The molecule has 2 atom stereocenters. The molecule has 4 rings (SSSR count). The summed E-state index contributed by atoms with van der Waals surface area (Å²) < 4.78 is 0. The van der Waals surface area contributed by atoms with Crippen molar-refractivity contribution in [3.8, 4) is 0 Å². The molecule has 0 saturated carbocycles. The highest BCUT2D eigenvalue weighted by Crippen LogP contribution is 2.20. The van der Waals surface area contributed by atoms with E-state index in [1.165, 1.54) is 6.42 Å². The van der Waals surface area contributed by atoms with Gasteiger partial charge in [0.25, 0.3) is 0 Å². The van der Waals surface area contributed by atoms with Crippen molar-refractivity contribution in [1.29, 1.82) is 0 Å². The number of nitrogens with zero attached hydrogens (tertiary/aromatic N) is 1. The molecule has 90 valence electrons. The lowest BCUT2D eigenvalue weighted by atomic mass is 9.92. The highest BCUT2D eigenvalue weighted by atomic mass is 16.2. The van der Waals surface area contributed by atoms with Gasteiger partial charge >= 0.3 is 6.03 Å². The Morgan fingerprint density at radius 2 is 1.94 bits per heavy atom. The van der Waals surface area contributed by atoms with Crippen LogP contribution in [0.5, 0.6) is 0 Å². The monoisotopic (exact) mass is 231 g/mol. The van der Waals surface area contributed by atoms with Crippen LogP contribution >= 0.6 is 0 Å². The van der Waals surface area contributed by atoms with E-state index in [-0.39, 0.29) is 6.03 Å². The van der Waals surface area contributed by atoms with E-state index in [2.05, 4.69) is 10.6 Å². The molecule has 1 aromatic rings. The van der Waals surface area contributed by atoms with Crippen LogP contribution < -0.4 is 10.6 Å². The fourth-order valence-corrected chi connectivity index (χ4v) is 2.56. The number of urea groups is 1. The fourth-order valence-electron chi connectivity index (χ4n) is 2.56. The molecular formula is C13H17N3O. The minimum Gasteiger partial charge on any atom is -0.334 e. The van der Waals surface area contributed by atoms with Crippen molar-refractivity contribution in [2.24, 2.45) is 0 Å². The molecule has 1 aromatic carbocycles. The van der Waals surface area contributed by atoms with Gasteiger partial charge in [0.1, 0.15) is 0 Å². The first-order valence-electron chi connectivity index (χ1n) is 6.14. The lowest BCUT2D eigenvalue weighted by Crippen LogP contribution is -2.68. The average Bonchev–Trinajstić information content (AvgIpc) is 2.36. The highest BCUT2D eigenvalue weighted by Gasteiger charge is 2.38. The quantitative estimate of drug-likeness (QED) is 0.795.